The molecule has 0 N–H and O–H groups in total. The van der Waals surface area contributed by atoms with Gasteiger partial charge in [0.1, 0.15) is 5.69 Å². The Hall–Kier alpha value is -1.77. The second-order valence-corrected chi connectivity index (χ2v) is 5.47. The lowest BCUT2D eigenvalue weighted by Gasteiger charge is -2.20. The lowest BCUT2D eigenvalue weighted by atomic mass is 10.1. The van der Waals surface area contributed by atoms with Crippen molar-refractivity contribution >= 4 is 16.8 Å². The topological polar surface area (TPSA) is 25.2 Å². The molecule has 0 bridgehead atoms. The number of rotatable bonds is 6. The van der Waals surface area contributed by atoms with Crippen LogP contribution in [0.4, 0.5) is 0 Å². The Kier molecular flexibility index (Phi) is 5.05. The molecule has 2 aromatic rings. The first-order valence-electron chi connectivity index (χ1n) is 8.02. The van der Waals surface area contributed by atoms with Crippen LogP contribution < -0.4 is 0 Å². The Morgan fingerprint density at radius 1 is 1.14 bits per heavy atom. The van der Waals surface area contributed by atoms with Gasteiger partial charge in [0.2, 0.25) is 0 Å². The molecule has 0 aliphatic heterocycles. The molecule has 1 aromatic heterocycles. The van der Waals surface area contributed by atoms with Crippen LogP contribution >= 0.6 is 0 Å². The van der Waals surface area contributed by atoms with E-state index in [4.69, 9.17) is 0 Å². The number of hydrogen-bond donors (Lipinski definition) is 0. The van der Waals surface area contributed by atoms with Gasteiger partial charge >= 0.3 is 0 Å². The first-order valence-corrected chi connectivity index (χ1v) is 8.02. The smallest absolute Gasteiger partial charge is 0.270 e. The average Bonchev–Trinajstić information content (AvgIpc) is 2.79. The number of aryl methyl sites for hydroxylation is 2. The molecule has 0 saturated carbocycles. The van der Waals surface area contributed by atoms with E-state index in [0.717, 1.165) is 43.7 Å². The number of carbonyl (C=O) groups excluding carboxylic acids is 1. The predicted octanol–water partition coefficient (Wildman–Crippen LogP) is 4.23. The van der Waals surface area contributed by atoms with Crippen molar-refractivity contribution in [2.75, 3.05) is 13.1 Å². The van der Waals surface area contributed by atoms with Gasteiger partial charge in [0.05, 0.1) is 0 Å². The largest absolute Gasteiger partial charge is 0.338 e. The molecule has 3 nitrogen and oxygen atoms in total. The fraction of sp³-hybridized carbons (Fsp3) is 0.500. The van der Waals surface area contributed by atoms with Gasteiger partial charge in [0.25, 0.3) is 5.91 Å². The van der Waals surface area contributed by atoms with Gasteiger partial charge in [-0.15, -0.1) is 0 Å². The highest BCUT2D eigenvalue weighted by atomic mass is 16.2. The van der Waals surface area contributed by atoms with Gasteiger partial charge in [0, 0.05) is 30.5 Å². The monoisotopic (exact) mass is 286 g/mol. The molecule has 0 radical (unpaired) electrons. The summed E-state index contributed by atoms with van der Waals surface area (Å²) < 4.78 is 2.22. The normalized spacial score (nSPS) is 11.0. The molecule has 3 heteroatoms. The van der Waals surface area contributed by atoms with Crippen LogP contribution in [-0.4, -0.2) is 28.5 Å². The molecule has 0 aliphatic rings. The van der Waals surface area contributed by atoms with E-state index < -0.39 is 0 Å². The minimum Gasteiger partial charge on any atom is -0.338 e. The van der Waals surface area contributed by atoms with Crippen LogP contribution in [0.5, 0.6) is 0 Å². The number of unbranched alkanes of at least 4 members (excludes halogenated alkanes) is 1. The Balaban J connectivity index is 2.59. The number of para-hydroxylation sites is 1. The van der Waals surface area contributed by atoms with E-state index >= 15 is 0 Å². The van der Waals surface area contributed by atoms with Crippen LogP contribution in [0.2, 0.25) is 0 Å². The van der Waals surface area contributed by atoms with Gasteiger partial charge in [-0.1, -0.05) is 31.5 Å². The molecule has 0 fully saturated rings. The summed E-state index contributed by atoms with van der Waals surface area (Å²) in [7, 11) is 0. The van der Waals surface area contributed by atoms with Gasteiger partial charge in [-0.3, -0.25) is 4.79 Å². The van der Waals surface area contributed by atoms with Crippen molar-refractivity contribution in [1.29, 1.82) is 0 Å². The summed E-state index contributed by atoms with van der Waals surface area (Å²) in [4.78, 5) is 14.8. The third-order valence-corrected chi connectivity index (χ3v) is 4.21. The number of benzene rings is 1. The highest BCUT2D eigenvalue weighted by Crippen LogP contribution is 2.27. The summed E-state index contributed by atoms with van der Waals surface area (Å²) in [6.07, 6.45) is 2.22. The van der Waals surface area contributed by atoms with Crippen molar-refractivity contribution in [3.63, 3.8) is 0 Å². The molecule has 0 spiro atoms. The molecule has 0 aliphatic carbocycles. The van der Waals surface area contributed by atoms with Gasteiger partial charge < -0.3 is 9.47 Å². The maximum atomic E-state index is 12.9. The number of carbonyl (C=O) groups is 1. The molecule has 0 unspecified atom stereocenters. The molecular weight excluding hydrogens is 260 g/mol. The maximum absolute atomic E-state index is 12.9. The molecule has 0 saturated heterocycles. The van der Waals surface area contributed by atoms with Crippen molar-refractivity contribution in [3.8, 4) is 0 Å². The molecule has 2 rings (SSSR count). The highest BCUT2D eigenvalue weighted by Gasteiger charge is 2.22. The maximum Gasteiger partial charge on any atom is 0.270 e. The molecule has 0 atom stereocenters. The van der Waals surface area contributed by atoms with E-state index in [1.165, 1.54) is 10.9 Å². The summed E-state index contributed by atoms with van der Waals surface area (Å²) in [5.74, 6) is 0.157. The first-order chi connectivity index (χ1) is 10.2. The van der Waals surface area contributed by atoms with E-state index in [0.29, 0.717) is 0 Å². The van der Waals surface area contributed by atoms with Crippen LogP contribution in [0.1, 0.15) is 49.7 Å². The molecule has 21 heavy (non-hydrogen) atoms. The number of nitrogens with zero attached hydrogens (tertiary/aromatic N) is 2. The standard InChI is InChI=1S/C18H26N2O/c1-5-8-13-20-16-12-10-9-11-15(16)14(4)17(20)18(21)19(6-2)7-3/h9-12H,5-8,13H2,1-4H3. The summed E-state index contributed by atoms with van der Waals surface area (Å²) in [5.41, 5.74) is 3.16. The van der Waals surface area contributed by atoms with E-state index in [9.17, 15) is 4.79 Å². The van der Waals surface area contributed by atoms with Crippen LogP contribution in [0.15, 0.2) is 24.3 Å². The van der Waals surface area contributed by atoms with Gasteiger partial charge in [-0.2, -0.15) is 0 Å². The summed E-state index contributed by atoms with van der Waals surface area (Å²) in [6.45, 7) is 10.7. The minimum absolute atomic E-state index is 0.157. The highest BCUT2D eigenvalue weighted by molar-refractivity contribution is 6.01. The predicted molar refractivity (Wildman–Crippen MR) is 88.8 cm³/mol. The fourth-order valence-corrected chi connectivity index (χ4v) is 2.96. The van der Waals surface area contributed by atoms with Crippen LogP contribution in [-0.2, 0) is 6.54 Å². The zero-order chi connectivity index (χ0) is 15.4. The molecule has 1 heterocycles. The first kappa shape index (κ1) is 15.6. The molecular formula is C18H26N2O. The van der Waals surface area contributed by atoms with Crippen LogP contribution in [0, 0.1) is 6.92 Å². The van der Waals surface area contributed by atoms with E-state index in [1.54, 1.807) is 0 Å². The second-order valence-electron chi connectivity index (χ2n) is 5.47. The van der Waals surface area contributed by atoms with E-state index in [1.807, 2.05) is 24.8 Å². The van der Waals surface area contributed by atoms with Gasteiger partial charge in [-0.05, 0) is 38.8 Å². The lowest BCUT2D eigenvalue weighted by molar-refractivity contribution is 0.0761. The number of aromatic nitrogens is 1. The van der Waals surface area contributed by atoms with E-state index in [2.05, 4.69) is 36.6 Å². The quantitative estimate of drug-likeness (QED) is 0.780. The number of hydrogen-bond acceptors (Lipinski definition) is 1. The van der Waals surface area contributed by atoms with Crippen LogP contribution in [0.25, 0.3) is 10.9 Å². The van der Waals surface area contributed by atoms with Crippen molar-refractivity contribution in [1.82, 2.24) is 9.47 Å². The zero-order valence-electron chi connectivity index (χ0n) is 13.6. The Morgan fingerprint density at radius 3 is 2.43 bits per heavy atom. The number of amides is 1. The SMILES string of the molecule is CCCCn1c(C(=O)N(CC)CC)c(C)c2ccccc21. The molecule has 1 aromatic carbocycles. The summed E-state index contributed by atoms with van der Waals surface area (Å²) in [5, 5.41) is 1.20. The lowest BCUT2D eigenvalue weighted by Crippen LogP contribution is -2.32. The second kappa shape index (κ2) is 6.79. The van der Waals surface area contributed by atoms with Crippen molar-refractivity contribution in [3.05, 3.63) is 35.5 Å². The van der Waals surface area contributed by atoms with Crippen molar-refractivity contribution in [2.45, 2.75) is 47.1 Å². The Morgan fingerprint density at radius 2 is 1.81 bits per heavy atom. The minimum atomic E-state index is 0.157. The van der Waals surface area contributed by atoms with Gasteiger partial charge in [0.15, 0.2) is 0 Å². The average molecular weight is 286 g/mol. The van der Waals surface area contributed by atoms with Crippen molar-refractivity contribution < 1.29 is 4.79 Å². The van der Waals surface area contributed by atoms with Crippen LogP contribution in [0.3, 0.4) is 0 Å². The zero-order valence-corrected chi connectivity index (χ0v) is 13.6. The fourth-order valence-electron chi connectivity index (χ4n) is 2.96. The van der Waals surface area contributed by atoms with Gasteiger partial charge in [-0.25, -0.2) is 0 Å². The number of fused-ring (bicyclic) bond motifs is 1. The third kappa shape index (κ3) is 2.82. The van der Waals surface area contributed by atoms with Crippen molar-refractivity contribution in [2.24, 2.45) is 0 Å². The molecule has 114 valence electrons. The van der Waals surface area contributed by atoms with E-state index in [-0.39, 0.29) is 5.91 Å². The Labute approximate surface area is 127 Å². The Bertz CT molecular complexity index is 623. The summed E-state index contributed by atoms with van der Waals surface area (Å²) in [6, 6.07) is 8.34. The summed E-state index contributed by atoms with van der Waals surface area (Å²) >= 11 is 0. The molecule has 1 amide bonds. The third-order valence-electron chi connectivity index (χ3n) is 4.21.